The molecule has 5 nitrogen and oxygen atoms in total. The number of hydrogen-bond donors (Lipinski definition) is 1. The van der Waals surface area contributed by atoms with Crippen LogP contribution in [0.5, 0.6) is 0 Å². The molecule has 2 aliphatic heterocycles. The van der Waals surface area contributed by atoms with Crippen LogP contribution < -0.4 is 5.09 Å². The third-order valence-corrected chi connectivity index (χ3v) is 5.71. The van der Waals surface area contributed by atoms with Crippen molar-refractivity contribution < 1.29 is 4.57 Å². The molecule has 1 N–H and O–H groups in total. The zero-order valence-electron chi connectivity index (χ0n) is 8.64. The van der Waals surface area contributed by atoms with E-state index in [4.69, 9.17) is 11.6 Å². The molecule has 3 heterocycles. The van der Waals surface area contributed by atoms with E-state index in [2.05, 4.69) is 10.1 Å². The lowest BCUT2D eigenvalue weighted by Gasteiger charge is -2.21. The molecular weight excluding hydrogens is 247 g/mol. The van der Waals surface area contributed by atoms with Crippen LogP contribution in [0.3, 0.4) is 0 Å². The van der Waals surface area contributed by atoms with Crippen LogP contribution in [0, 0.1) is 0 Å². The van der Waals surface area contributed by atoms with Gasteiger partial charge in [-0.05, 0) is 12.1 Å². The topological polar surface area (TPSA) is 48.0 Å². The summed E-state index contributed by atoms with van der Waals surface area (Å²) in [5, 5.41) is 3.51. The minimum absolute atomic E-state index is 0.410. The largest absolute Gasteiger partial charge is 0.312 e. The molecule has 0 atom stereocenters. The molecule has 7 heteroatoms. The van der Waals surface area contributed by atoms with Gasteiger partial charge in [0.05, 0.1) is 0 Å². The maximum absolute atomic E-state index is 12.7. The van der Waals surface area contributed by atoms with Crippen molar-refractivity contribution in [3.8, 4) is 0 Å². The molecule has 86 valence electrons. The second kappa shape index (κ2) is 3.70. The van der Waals surface area contributed by atoms with E-state index in [0.29, 0.717) is 5.15 Å². The van der Waals surface area contributed by atoms with Gasteiger partial charge in [0.2, 0.25) is 0 Å². The van der Waals surface area contributed by atoms with Crippen molar-refractivity contribution in [3.63, 3.8) is 0 Å². The first-order chi connectivity index (χ1) is 7.68. The lowest BCUT2D eigenvalue weighted by atomic mass is 10.4. The molecule has 1 aromatic heterocycles. The van der Waals surface area contributed by atoms with E-state index in [1.54, 1.807) is 18.3 Å². The Morgan fingerprint density at radius 2 is 1.94 bits per heavy atom. The number of anilines is 1. The van der Waals surface area contributed by atoms with Crippen LogP contribution in [0.25, 0.3) is 0 Å². The Balaban J connectivity index is 1.84. The molecule has 2 fully saturated rings. The molecule has 0 bridgehead atoms. The molecule has 2 aliphatic rings. The number of pyridine rings is 1. The van der Waals surface area contributed by atoms with Crippen LogP contribution in [0.15, 0.2) is 18.3 Å². The van der Waals surface area contributed by atoms with Crippen LogP contribution in [0.1, 0.15) is 0 Å². The number of nitrogens with zero attached hydrogens (tertiary/aromatic N) is 3. The number of nitrogens with one attached hydrogen (secondary N) is 1. The first-order valence-electron chi connectivity index (χ1n) is 5.19. The fourth-order valence-electron chi connectivity index (χ4n) is 1.59. The Morgan fingerprint density at radius 3 is 2.44 bits per heavy atom. The molecule has 0 amide bonds. The van der Waals surface area contributed by atoms with E-state index < -0.39 is 7.59 Å². The van der Waals surface area contributed by atoms with Gasteiger partial charge in [-0.1, -0.05) is 11.6 Å². The molecule has 2 saturated heterocycles. The third-order valence-electron chi connectivity index (χ3n) is 2.62. The average molecular weight is 259 g/mol. The maximum Gasteiger partial charge on any atom is 0.308 e. The summed E-state index contributed by atoms with van der Waals surface area (Å²) in [6, 6.07) is 3.48. The van der Waals surface area contributed by atoms with Crippen molar-refractivity contribution in [1.82, 2.24) is 14.3 Å². The number of aromatic nitrogens is 1. The van der Waals surface area contributed by atoms with Crippen molar-refractivity contribution >= 4 is 24.9 Å². The second-order valence-corrected chi connectivity index (χ2v) is 6.76. The monoisotopic (exact) mass is 258 g/mol. The van der Waals surface area contributed by atoms with Gasteiger partial charge >= 0.3 is 7.59 Å². The third kappa shape index (κ3) is 1.96. The summed E-state index contributed by atoms with van der Waals surface area (Å²) in [4.78, 5) is 3.90. The Morgan fingerprint density at radius 1 is 1.31 bits per heavy atom. The number of rotatable bonds is 4. The Kier molecular flexibility index (Phi) is 2.44. The van der Waals surface area contributed by atoms with Crippen molar-refractivity contribution in [2.24, 2.45) is 0 Å². The van der Waals surface area contributed by atoms with Gasteiger partial charge in [0, 0.05) is 38.1 Å². The summed E-state index contributed by atoms with van der Waals surface area (Å²) >= 11 is 5.80. The van der Waals surface area contributed by atoms with E-state index >= 15 is 0 Å². The van der Waals surface area contributed by atoms with Crippen LogP contribution in [0.4, 0.5) is 5.69 Å². The SMILES string of the molecule is O=P(Nc1ccnc(Cl)c1)(N1CC1)N1CC1. The zero-order valence-corrected chi connectivity index (χ0v) is 10.3. The number of hydrogen-bond acceptors (Lipinski definition) is 2. The van der Waals surface area contributed by atoms with Crippen LogP contribution in [-0.4, -0.2) is 40.5 Å². The van der Waals surface area contributed by atoms with Crippen LogP contribution in [0.2, 0.25) is 5.15 Å². The predicted molar refractivity (Wildman–Crippen MR) is 63.6 cm³/mol. The quantitative estimate of drug-likeness (QED) is 0.508. The van der Waals surface area contributed by atoms with Crippen molar-refractivity contribution in [3.05, 3.63) is 23.5 Å². The molecule has 0 radical (unpaired) electrons. The molecule has 1 aromatic rings. The smallest absolute Gasteiger partial charge is 0.308 e. The Hall–Kier alpha value is -0.610. The highest BCUT2D eigenvalue weighted by Crippen LogP contribution is 2.59. The number of halogens is 1. The van der Waals surface area contributed by atoms with Gasteiger partial charge in [-0.15, -0.1) is 0 Å². The normalized spacial score (nSPS) is 20.8. The van der Waals surface area contributed by atoms with E-state index in [1.807, 2.05) is 9.34 Å². The van der Waals surface area contributed by atoms with E-state index in [9.17, 15) is 4.57 Å². The van der Waals surface area contributed by atoms with Crippen LogP contribution >= 0.6 is 19.2 Å². The first kappa shape index (κ1) is 10.5. The summed E-state index contributed by atoms with van der Waals surface area (Å²) in [6.45, 7) is 3.61. The summed E-state index contributed by atoms with van der Waals surface area (Å²) in [5.74, 6) is 0. The minimum Gasteiger partial charge on any atom is -0.312 e. The average Bonchev–Trinajstić information content (AvgIpc) is 3.10. The van der Waals surface area contributed by atoms with Gasteiger partial charge in [-0.3, -0.25) is 4.57 Å². The Labute approximate surface area is 98.9 Å². The first-order valence-corrected chi connectivity index (χ1v) is 7.18. The molecule has 16 heavy (non-hydrogen) atoms. The highest BCUT2D eigenvalue weighted by Gasteiger charge is 2.48. The highest BCUT2D eigenvalue weighted by atomic mass is 35.5. The minimum atomic E-state index is -2.55. The van der Waals surface area contributed by atoms with Crippen molar-refractivity contribution in [1.29, 1.82) is 0 Å². The predicted octanol–water partition coefficient (Wildman–Crippen LogP) is 1.89. The van der Waals surface area contributed by atoms with Gasteiger partial charge < -0.3 is 5.09 Å². The zero-order chi connectivity index (χ0) is 11.2. The van der Waals surface area contributed by atoms with Crippen molar-refractivity contribution in [2.75, 3.05) is 31.3 Å². The second-order valence-electron chi connectivity index (χ2n) is 3.93. The maximum atomic E-state index is 12.7. The lowest BCUT2D eigenvalue weighted by Crippen LogP contribution is -2.12. The molecule has 0 aliphatic carbocycles. The van der Waals surface area contributed by atoms with E-state index in [0.717, 1.165) is 31.9 Å². The van der Waals surface area contributed by atoms with Gasteiger partial charge in [0.25, 0.3) is 0 Å². The van der Waals surface area contributed by atoms with Gasteiger partial charge in [-0.25, -0.2) is 14.3 Å². The van der Waals surface area contributed by atoms with Gasteiger partial charge in [-0.2, -0.15) is 0 Å². The van der Waals surface area contributed by atoms with Gasteiger partial charge in [0.1, 0.15) is 5.15 Å². The lowest BCUT2D eigenvalue weighted by molar-refractivity contribution is 0.524. The molecule has 3 rings (SSSR count). The summed E-state index contributed by atoms with van der Waals surface area (Å²) in [6.07, 6.45) is 1.61. The standard InChI is InChI=1S/C9H12ClN4OP/c10-9-7-8(1-2-11-9)12-16(15,13-3-4-13)14-5-6-14/h1-2,7H,3-6H2,(H,11,12,15). The molecule has 0 saturated carbocycles. The van der Waals surface area contributed by atoms with Crippen molar-refractivity contribution in [2.45, 2.75) is 0 Å². The fourth-order valence-corrected chi connectivity index (χ4v) is 4.15. The molecular formula is C9H12ClN4OP. The van der Waals surface area contributed by atoms with Gasteiger partial charge in [0.15, 0.2) is 0 Å². The van der Waals surface area contributed by atoms with E-state index in [1.165, 1.54) is 0 Å². The van der Waals surface area contributed by atoms with Crippen LogP contribution in [-0.2, 0) is 4.57 Å². The summed E-state index contributed by atoms with van der Waals surface area (Å²) in [5.41, 5.74) is 0.766. The Bertz CT molecular complexity index is 445. The molecule has 0 unspecified atom stereocenters. The highest BCUT2D eigenvalue weighted by molar-refractivity contribution is 7.61. The summed E-state index contributed by atoms with van der Waals surface area (Å²) in [7, 11) is -2.55. The van der Waals surface area contributed by atoms with E-state index in [-0.39, 0.29) is 0 Å². The molecule has 0 spiro atoms. The fraction of sp³-hybridized carbons (Fsp3) is 0.444. The molecule has 0 aromatic carbocycles. The summed E-state index contributed by atoms with van der Waals surface area (Å²) < 4.78 is 16.6.